The van der Waals surface area contributed by atoms with Crippen molar-refractivity contribution in [3.05, 3.63) is 45.9 Å². The molecule has 0 saturated carbocycles. The molecule has 0 radical (unpaired) electrons. The number of aromatic amines is 1. The fourth-order valence-corrected chi connectivity index (χ4v) is 6.34. The topological polar surface area (TPSA) is 279 Å². The predicted octanol–water partition coefficient (Wildman–Crippen LogP) is 1.20. The second kappa shape index (κ2) is 25.3. The minimum Gasteiger partial charge on any atom is -0.382 e. The lowest BCUT2D eigenvalue weighted by atomic mass is 10.1. The van der Waals surface area contributed by atoms with E-state index in [4.69, 9.17) is 21.3 Å². The lowest BCUT2D eigenvalue weighted by Crippen LogP contribution is -2.47. The number of carbonyl (C=O) groups excluding carboxylic acids is 2. The van der Waals surface area contributed by atoms with Crippen LogP contribution in [-0.4, -0.2) is 112 Å². The number of rotatable bonds is 30. The van der Waals surface area contributed by atoms with Gasteiger partial charge in [-0.2, -0.15) is 9.97 Å². The molecule has 18 nitrogen and oxygen atoms in total. The Morgan fingerprint density at radius 1 is 0.855 bits per heavy atom. The van der Waals surface area contributed by atoms with E-state index in [9.17, 15) is 18.9 Å². The minimum atomic E-state index is -4.01. The number of nitrogens with zero attached hydrogens (tertiary/aromatic N) is 3. The van der Waals surface area contributed by atoms with Gasteiger partial charge in [-0.05, 0) is 121 Å². The van der Waals surface area contributed by atoms with Gasteiger partial charge in [0, 0.05) is 18.7 Å². The van der Waals surface area contributed by atoms with Gasteiger partial charge in [0.05, 0.1) is 12.7 Å². The number of hydrogen-bond acceptors (Lipinski definition) is 12. The van der Waals surface area contributed by atoms with Crippen LogP contribution in [0.25, 0.3) is 11.2 Å². The van der Waals surface area contributed by atoms with Gasteiger partial charge in [-0.3, -0.25) is 18.7 Å². The maximum absolute atomic E-state index is 13.4. The Kier molecular flexibility index (Phi) is 20.9. The fourth-order valence-electron chi connectivity index (χ4n) is 5.77. The van der Waals surface area contributed by atoms with Crippen molar-refractivity contribution >= 4 is 42.3 Å². The summed E-state index contributed by atoms with van der Waals surface area (Å²) in [5.41, 5.74) is 13.1. The number of fused-ring (bicyclic) bond motifs is 1. The van der Waals surface area contributed by atoms with Crippen LogP contribution in [0.5, 0.6) is 0 Å². The molecule has 3 rings (SSSR count). The van der Waals surface area contributed by atoms with Crippen LogP contribution in [0.4, 0.5) is 11.8 Å². The molecular formula is C36H63N12O6P. The summed E-state index contributed by atoms with van der Waals surface area (Å²) in [6.07, 6.45) is 7.78. The zero-order valence-corrected chi connectivity index (χ0v) is 33.1. The van der Waals surface area contributed by atoms with Gasteiger partial charge < -0.3 is 58.1 Å². The molecule has 0 bridgehead atoms. The molecule has 0 aliphatic heterocycles. The number of unbranched alkanes of at least 4 members (excludes halogenated alkanes) is 3. The van der Waals surface area contributed by atoms with Crippen molar-refractivity contribution in [2.75, 3.05) is 76.1 Å². The SMILES string of the molecule is CCCCNc1nc(N)c2[nH]c(=O)n(Cc3ccc(C(=O)NC(CCCCNCCCP(=O)(O)O)C(=O)NCCCNCCCCNCCCN)cc3)c2n1. The standard InChI is InChI=1S/C36H63N12O6P/c1-2-3-23-43-35-46-31(38)30-32(47-35)48(36(51)45-30)26-27-12-14-28(15-13-27)33(49)44-29(11-4-5-17-41-22-10-25-55(52,53)54)34(50)42-24-9-21-40-19-7-6-18-39-20-8-16-37/h12-15,29,39-41H,2-11,16-26,37H2,1H3,(H,42,50)(H,44,49)(H,45,51)(H2,52,53,54)(H3,38,43,46,47). The highest BCUT2D eigenvalue weighted by Crippen LogP contribution is 2.34. The third-order valence-electron chi connectivity index (χ3n) is 8.89. The monoisotopic (exact) mass is 790 g/mol. The Morgan fingerprint density at radius 3 is 2.15 bits per heavy atom. The zero-order chi connectivity index (χ0) is 39.9. The van der Waals surface area contributed by atoms with E-state index in [0.29, 0.717) is 74.7 Å². The Labute approximate surface area is 323 Å². The molecule has 308 valence electrons. The van der Waals surface area contributed by atoms with Crippen molar-refractivity contribution in [2.24, 2.45) is 5.73 Å². The highest BCUT2D eigenvalue weighted by atomic mass is 31.2. The van der Waals surface area contributed by atoms with Crippen LogP contribution in [-0.2, 0) is 15.9 Å². The van der Waals surface area contributed by atoms with Crippen molar-refractivity contribution in [1.82, 2.24) is 46.1 Å². The number of anilines is 2. The van der Waals surface area contributed by atoms with E-state index in [2.05, 4.69) is 53.8 Å². The summed E-state index contributed by atoms with van der Waals surface area (Å²) < 4.78 is 12.5. The molecular weight excluding hydrogens is 727 g/mol. The van der Waals surface area contributed by atoms with Crippen molar-refractivity contribution < 1.29 is 23.9 Å². The molecule has 13 N–H and O–H groups in total. The molecule has 0 aliphatic carbocycles. The number of carbonyl (C=O) groups is 2. The minimum absolute atomic E-state index is 0.165. The van der Waals surface area contributed by atoms with Gasteiger partial charge in [-0.15, -0.1) is 0 Å². The molecule has 0 saturated heterocycles. The molecule has 1 unspecified atom stereocenters. The fraction of sp³-hybridized carbons (Fsp3) is 0.639. The van der Waals surface area contributed by atoms with Crippen molar-refractivity contribution in [1.29, 1.82) is 0 Å². The van der Waals surface area contributed by atoms with E-state index in [0.717, 1.165) is 76.7 Å². The van der Waals surface area contributed by atoms with Crippen LogP contribution in [0.3, 0.4) is 0 Å². The van der Waals surface area contributed by atoms with Gasteiger partial charge in [0.1, 0.15) is 11.6 Å². The zero-order valence-electron chi connectivity index (χ0n) is 32.2. The number of aromatic nitrogens is 4. The molecule has 0 aliphatic rings. The van der Waals surface area contributed by atoms with Gasteiger partial charge in [0.2, 0.25) is 11.9 Å². The highest BCUT2D eigenvalue weighted by molar-refractivity contribution is 7.51. The first-order valence-electron chi connectivity index (χ1n) is 19.6. The van der Waals surface area contributed by atoms with Crippen LogP contribution in [0.15, 0.2) is 29.1 Å². The smallest absolute Gasteiger partial charge is 0.328 e. The molecule has 2 amide bonds. The quantitative estimate of drug-likeness (QED) is 0.0335. The summed E-state index contributed by atoms with van der Waals surface area (Å²) >= 11 is 0. The van der Waals surface area contributed by atoms with Crippen LogP contribution in [0, 0.1) is 0 Å². The van der Waals surface area contributed by atoms with Gasteiger partial charge in [-0.25, -0.2) is 4.79 Å². The summed E-state index contributed by atoms with van der Waals surface area (Å²) in [4.78, 5) is 69.1. The number of nitrogens with one attached hydrogen (secondary N) is 7. The Hall–Kier alpha value is -3.90. The van der Waals surface area contributed by atoms with E-state index in [1.54, 1.807) is 24.3 Å². The second-order valence-corrected chi connectivity index (χ2v) is 15.4. The molecule has 2 heterocycles. The second-order valence-electron chi connectivity index (χ2n) is 13.6. The number of imidazole rings is 1. The normalized spacial score (nSPS) is 12.2. The van der Waals surface area contributed by atoms with Crippen LogP contribution < -0.4 is 49.1 Å². The van der Waals surface area contributed by atoms with E-state index in [1.807, 2.05) is 0 Å². The molecule has 1 atom stereocenters. The van der Waals surface area contributed by atoms with Crippen molar-refractivity contribution in [3.8, 4) is 0 Å². The molecule has 0 spiro atoms. The third-order valence-corrected chi connectivity index (χ3v) is 9.79. The third kappa shape index (κ3) is 17.6. The van der Waals surface area contributed by atoms with Gasteiger partial charge in [0.25, 0.3) is 5.91 Å². The van der Waals surface area contributed by atoms with Gasteiger partial charge in [0.15, 0.2) is 11.5 Å². The van der Waals surface area contributed by atoms with Gasteiger partial charge in [-0.1, -0.05) is 25.5 Å². The average Bonchev–Trinajstić information content (AvgIpc) is 3.47. The average molecular weight is 791 g/mol. The first-order valence-corrected chi connectivity index (χ1v) is 21.4. The molecule has 1 aromatic carbocycles. The van der Waals surface area contributed by atoms with E-state index >= 15 is 0 Å². The molecule has 0 fully saturated rings. The number of hydrogen-bond donors (Lipinski definition) is 11. The van der Waals surface area contributed by atoms with Gasteiger partial charge >= 0.3 is 13.3 Å². The number of amides is 2. The van der Waals surface area contributed by atoms with E-state index in [-0.39, 0.29) is 30.1 Å². The lowest BCUT2D eigenvalue weighted by Gasteiger charge is -2.19. The summed E-state index contributed by atoms with van der Waals surface area (Å²) in [5.74, 6) is -0.136. The largest absolute Gasteiger partial charge is 0.382 e. The summed E-state index contributed by atoms with van der Waals surface area (Å²) in [5, 5.41) is 19.0. The summed E-state index contributed by atoms with van der Waals surface area (Å²) in [6.45, 7) is 8.78. The number of benzene rings is 1. The number of nitrogens with two attached hydrogens (primary N) is 2. The van der Waals surface area contributed by atoms with E-state index in [1.165, 1.54) is 4.57 Å². The maximum atomic E-state index is 13.4. The van der Waals surface area contributed by atoms with Crippen LogP contribution >= 0.6 is 7.60 Å². The Balaban J connectivity index is 1.54. The first-order chi connectivity index (χ1) is 26.5. The van der Waals surface area contributed by atoms with E-state index < -0.39 is 19.5 Å². The predicted molar refractivity (Wildman–Crippen MR) is 217 cm³/mol. The van der Waals surface area contributed by atoms with Crippen molar-refractivity contribution in [3.63, 3.8) is 0 Å². The number of H-pyrrole nitrogens is 1. The molecule has 19 heteroatoms. The first kappa shape index (κ1) is 45.5. The van der Waals surface area contributed by atoms with Crippen molar-refractivity contribution in [2.45, 2.75) is 83.7 Å². The lowest BCUT2D eigenvalue weighted by molar-refractivity contribution is -0.123. The number of nitrogen functional groups attached to an aromatic ring is 1. The Morgan fingerprint density at radius 2 is 1.49 bits per heavy atom. The maximum Gasteiger partial charge on any atom is 0.328 e. The molecule has 3 aromatic rings. The van der Waals surface area contributed by atoms with Crippen LogP contribution in [0.2, 0.25) is 0 Å². The summed E-state index contributed by atoms with van der Waals surface area (Å²) in [6, 6.07) is 6.07. The molecule has 55 heavy (non-hydrogen) atoms. The highest BCUT2D eigenvalue weighted by Gasteiger charge is 2.21. The summed E-state index contributed by atoms with van der Waals surface area (Å²) in [7, 11) is -4.01. The Bertz CT molecular complexity index is 1680. The van der Waals surface area contributed by atoms with Crippen LogP contribution in [0.1, 0.15) is 87.1 Å². The molecule has 2 aromatic heterocycles.